The number of sulfone groups is 1. The molecule has 0 aliphatic carbocycles. The standard InChI is InChI=1S/C22H22N2O4S2/c1-16-14-29-22(23-16)17-7-9-20(10-8-17)28-13-21(25)24(18-5-3-2-4-6-18)19-11-12-30(26,27)15-19/h2-10,14,19H,11-13,15H2,1H3/t19-/m1/s1. The second kappa shape index (κ2) is 8.57. The SMILES string of the molecule is Cc1csc(-c2ccc(OCC(=O)N(c3ccccc3)[C@@H]3CCS(=O)(=O)C3)cc2)n1. The van der Waals surface area contributed by atoms with Crippen molar-refractivity contribution in [2.45, 2.75) is 19.4 Å². The van der Waals surface area contributed by atoms with E-state index in [0.29, 0.717) is 17.9 Å². The van der Waals surface area contributed by atoms with Gasteiger partial charge in [-0.2, -0.15) is 0 Å². The Kier molecular flexibility index (Phi) is 5.87. The number of carbonyl (C=O) groups excluding carboxylic acids is 1. The summed E-state index contributed by atoms with van der Waals surface area (Å²) in [6, 6.07) is 16.2. The van der Waals surface area contributed by atoms with Crippen LogP contribution in [0.1, 0.15) is 12.1 Å². The maximum absolute atomic E-state index is 13.0. The molecule has 1 amide bonds. The molecule has 1 aromatic heterocycles. The average Bonchev–Trinajstić information content (AvgIpc) is 3.33. The van der Waals surface area contributed by atoms with Crippen molar-refractivity contribution in [3.8, 4) is 16.3 Å². The summed E-state index contributed by atoms with van der Waals surface area (Å²) in [5.41, 5.74) is 2.66. The summed E-state index contributed by atoms with van der Waals surface area (Å²) in [7, 11) is -3.12. The van der Waals surface area contributed by atoms with Gasteiger partial charge in [0.2, 0.25) is 0 Å². The first kappa shape index (κ1) is 20.6. The number of anilines is 1. The van der Waals surface area contributed by atoms with E-state index in [2.05, 4.69) is 4.98 Å². The van der Waals surface area contributed by atoms with Crippen LogP contribution in [0.15, 0.2) is 60.0 Å². The minimum absolute atomic E-state index is 0.0183. The Morgan fingerprint density at radius 1 is 1.17 bits per heavy atom. The lowest BCUT2D eigenvalue weighted by atomic mass is 10.2. The predicted octanol–water partition coefficient (Wildman–Crippen LogP) is 3.72. The number of aromatic nitrogens is 1. The molecule has 2 aromatic carbocycles. The molecule has 0 radical (unpaired) electrons. The minimum atomic E-state index is -3.12. The van der Waals surface area contributed by atoms with Gasteiger partial charge in [0.15, 0.2) is 16.4 Å². The highest BCUT2D eigenvalue weighted by Crippen LogP contribution is 2.27. The maximum Gasteiger partial charge on any atom is 0.265 e. The van der Waals surface area contributed by atoms with Crippen LogP contribution in [0.2, 0.25) is 0 Å². The summed E-state index contributed by atoms with van der Waals surface area (Å²) in [5.74, 6) is 0.401. The van der Waals surface area contributed by atoms with E-state index in [-0.39, 0.29) is 30.1 Å². The number of hydrogen-bond donors (Lipinski definition) is 0. The van der Waals surface area contributed by atoms with Crippen molar-refractivity contribution in [2.24, 2.45) is 0 Å². The Balaban J connectivity index is 1.46. The molecule has 0 saturated carbocycles. The first-order chi connectivity index (χ1) is 14.4. The molecular weight excluding hydrogens is 420 g/mol. The van der Waals surface area contributed by atoms with E-state index in [0.717, 1.165) is 16.3 Å². The zero-order valence-electron chi connectivity index (χ0n) is 16.5. The van der Waals surface area contributed by atoms with E-state index in [4.69, 9.17) is 4.74 Å². The lowest BCUT2D eigenvalue weighted by Gasteiger charge is -2.28. The molecule has 1 saturated heterocycles. The largest absolute Gasteiger partial charge is 0.484 e. The summed E-state index contributed by atoms with van der Waals surface area (Å²) in [6.07, 6.45) is 0.435. The maximum atomic E-state index is 13.0. The first-order valence-electron chi connectivity index (χ1n) is 9.64. The molecule has 4 rings (SSSR count). The summed E-state index contributed by atoms with van der Waals surface area (Å²) in [4.78, 5) is 19.0. The quantitative estimate of drug-likeness (QED) is 0.582. The highest BCUT2D eigenvalue weighted by molar-refractivity contribution is 7.91. The Labute approximate surface area is 180 Å². The van der Waals surface area contributed by atoms with Gasteiger partial charge in [0.25, 0.3) is 5.91 Å². The Hall–Kier alpha value is -2.71. The van der Waals surface area contributed by atoms with E-state index in [1.54, 1.807) is 16.2 Å². The Bertz CT molecular complexity index is 1130. The zero-order chi connectivity index (χ0) is 21.1. The summed E-state index contributed by atoms with van der Waals surface area (Å²) >= 11 is 1.58. The highest BCUT2D eigenvalue weighted by Gasteiger charge is 2.35. The van der Waals surface area contributed by atoms with Crippen LogP contribution < -0.4 is 9.64 Å². The molecule has 1 fully saturated rings. The van der Waals surface area contributed by atoms with E-state index < -0.39 is 9.84 Å². The van der Waals surface area contributed by atoms with Gasteiger partial charge in [-0.05, 0) is 49.7 Å². The van der Waals surface area contributed by atoms with Crippen molar-refractivity contribution in [1.82, 2.24) is 4.98 Å². The van der Waals surface area contributed by atoms with E-state index in [9.17, 15) is 13.2 Å². The number of carbonyl (C=O) groups is 1. The summed E-state index contributed by atoms with van der Waals surface area (Å²) < 4.78 is 29.6. The monoisotopic (exact) mass is 442 g/mol. The van der Waals surface area contributed by atoms with Crippen molar-refractivity contribution in [1.29, 1.82) is 0 Å². The molecule has 1 atom stereocenters. The molecule has 3 aromatic rings. The Morgan fingerprint density at radius 3 is 2.50 bits per heavy atom. The van der Waals surface area contributed by atoms with Crippen molar-refractivity contribution in [3.05, 3.63) is 65.7 Å². The predicted molar refractivity (Wildman–Crippen MR) is 119 cm³/mol. The second-order valence-electron chi connectivity index (χ2n) is 7.26. The fourth-order valence-electron chi connectivity index (χ4n) is 3.52. The fourth-order valence-corrected chi connectivity index (χ4v) is 6.02. The van der Waals surface area contributed by atoms with Crippen molar-refractivity contribution in [2.75, 3.05) is 23.0 Å². The van der Waals surface area contributed by atoms with Crippen molar-refractivity contribution < 1.29 is 17.9 Å². The lowest BCUT2D eigenvalue weighted by molar-refractivity contribution is -0.121. The number of nitrogens with zero attached hydrogens (tertiary/aromatic N) is 2. The molecule has 1 aliphatic rings. The van der Waals surface area contributed by atoms with Gasteiger partial charge in [0.1, 0.15) is 10.8 Å². The number of amides is 1. The van der Waals surface area contributed by atoms with Gasteiger partial charge in [-0.1, -0.05) is 18.2 Å². The normalized spacial score (nSPS) is 17.6. The van der Waals surface area contributed by atoms with Crippen LogP contribution in [-0.4, -0.2) is 43.5 Å². The molecule has 30 heavy (non-hydrogen) atoms. The topological polar surface area (TPSA) is 76.6 Å². The van der Waals surface area contributed by atoms with Gasteiger partial charge in [-0.15, -0.1) is 11.3 Å². The van der Waals surface area contributed by atoms with Crippen LogP contribution >= 0.6 is 11.3 Å². The molecular formula is C22H22N2O4S2. The van der Waals surface area contributed by atoms with Gasteiger partial charge >= 0.3 is 0 Å². The van der Waals surface area contributed by atoms with Crippen LogP contribution in [0, 0.1) is 6.92 Å². The van der Waals surface area contributed by atoms with Gasteiger partial charge in [-0.25, -0.2) is 13.4 Å². The molecule has 0 unspecified atom stereocenters. The molecule has 0 N–H and O–H groups in total. The zero-order valence-corrected chi connectivity index (χ0v) is 18.2. The molecule has 1 aliphatic heterocycles. The number of hydrogen-bond acceptors (Lipinski definition) is 6. The third-order valence-corrected chi connectivity index (χ3v) is 7.72. The van der Waals surface area contributed by atoms with Gasteiger partial charge in [0.05, 0.1) is 17.5 Å². The molecule has 0 spiro atoms. The van der Waals surface area contributed by atoms with E-state index in [1.165, 1.54) is 0 Å². The molecule has 2 heterocycles. The Morgan fingerprint density at radius 2 is 1.90 bits per heavy atom. The molecule has 8 heteroatoms. The first-order valence-corrected chi connectivity index (χ1v) is 12.3. The minimum Gasteiger partial charge on any atom is -0.484 e. The molecule has 0 bridgehead atoms. The van der Waals surface area contributed by atoms with E-state index >= 15 is 0 Å². The highest BCUT2D eigenvalue weighted by atomic mass is 32.2. The van der Waals surface area contributed by atoms with Gasteiger partial charge in [-0.3, -0.25) is 4.79 Å². The third kappa shape index (κ3) is 4.71. The number of para-hydroxylation sites is 1. The van der Waals surface area contributed by atoms with Crippen LogP contribution in [0.5, 0.6) is 5.75 Å². The van der Waals surface area contributed by atoms with Crippen molar-refractivity contribution >= 4 is 32.8 Å². The van der Waals surface area contributed by atoms with Gasteiger partial charge in [0, 0.05) is 22.3 Å². The smallest absolute Gasteiger partial charge is 0.265 e. The number of benzene rings is 2. The summed E-state index contributed by atoms with van der Waals surface area (Å²) in [5, 5.41) is 2.94. The third-order valence-electron chi connectivity index (χ3n) is 4.96. The van der Waals surface area contributed by atoms with Crippen LogP contribution in [-0.2, 0) is 14.6 Å². The van der Waals surface area contributed by atoms with Crippen LogP contribution in [0.4, 0.5) is 5.69 Å². The molecule has 156 valence electrons. The summed E-state index contributed by atoms with van der Waals surface area (Å²) in [6.45, 7) is 1.79. The van der Waals surface area contributed by atoms with Crippen LogP contribution in [0.25, 0.3) is 10.6 Å². The molecule has 6 nitrogen and oxygen atoms in total. The number of aryl methyl sites for hydroxylation is 1. The average molecular weight is 443 g/mol. The number of thiazole rings is 1. The number of rotatable bonds is 6. The van der Waals surface area contributed by atoms with Crippen LogP contribution in [0.3, 0.4) is 0 Å². The van der Waals surface area contributed by atoms with E-state index in [1.807, 2.05) is 66.9 Å². The second-order valence-corrected chi connectivity index (χ2v) is 10.4. The lowest BCUT2D eigenvalue weighted by Crippen LogP contribution is -2.43. The number of ether oxygens (including phenoxy) is 1. The van der Waals surface area contributed by atoms with Crippen molar-refractivity contribution in [3.63, 3.8) is 0 Å². The van der Waals surface area contributed by atoms with Gasteiger partial charge < -0.3 is 9.64 Å². The fraction of sp³-hybridized carbons (Fsp3) is 0.273.